The molecule has 0 aliphatic heterocycles. The van der Waals surface area contributed by atoms with Crippen molar-refractivity contribution in [1.82, 2.24) is 10.3 Å². The number of benzene rings is 3. The van der Waals surface area contributed by atoms with Gasteiger partial charge in [0.2, 0.25) is 5.89 Å². The molecule has 8 heteroatoms. The number of hydrogen-bond acceptors (Lipinski definition) is 5. The van der Waals surface area contributed by atoms with Gasteiger partial charge in [0.15, 0.2) is 10.7 Å². The Bertz CT molecular complexity index is 1300. The fourth-order valence-electron chi connectivity index (χ4n) is 3.02. The molecular weight excluding hydrogens is 434 g/mol. The van der Waals surface area contributed by atoms with Gasteiger partial charge < -0.3 is 14.5 Å². The highest BCUT2D eigenvalue weighted by Gasteiger charge is 2.14. The molecule has 0 bridgehead atoms. The summed E-state index contributed by atoms with van der Waals surface area (Å²) < 4.78 is 11.0. The molecule has 0 atom stereocenters. The highest BCUT2D eigenvalue weighted by molar-refractivity contribution is 7.80. The van der Waals surface area contributed by atoms with Gasteiger partial charge in [-0.1, -0.05) is 23.7 Å². The van der Waals surface area contributed by atoms with Crippen molar-refractivity contribution in [3.05, 3.63) is 76.8 Å². The van der Waals surface area contributed by atoms with E-state index in [0.717, 1.165) is 11.1 Å². The van der Waals surface area contributed by atoms with Crippen LogP contribution in [-0.4, -0.2) is 23.1 Å². The maximum absolute atomic E-state index is 12.4. The number of amides is 1. The average molecular weight is 452 g/mol. The molecule has 0 aliphatic rings. The minimum Gasteiger partial charge on any atom is -0.497 e. The van der Waals surface area contributed by atoms with Crippen molar-refractivity contribution in [3.63, 3.8) is 0 Å². The maximum atomic E-state index is 12.4. The number of oxazole rings is 1. The Hall–Kier alpha value is -3.42. The number of aryl methyl sites for hydroxylation is 1. The number of aromatic nitrogens is 1. The molecule has 1 heterocycles. The molecule has 4 aromatic rings. The summed E-state index contributed by atoms with van der Waals surface area (Å²) in [5.41, 5.74) is 4.19. The van der Waals surface area contributed by atoms with Crippen LogP contribution in [0.15, 0.2) is 65.1 Å². The Morgan fingerprint density at radius 1 is 1.13 bits per heavy atom. The second-order valence-corrected chi connectivity index (χ2v) is 7.64. The number of carbonyl (C=O) groups excluding carboxylic acids is 1. The van der Waals surface area contributed by atoms with Gasteiger partial charge in [-0.25, -0.2) is 4.98 Å². The van der Waals surface area contributed by atoms with Gasteiger partial charge in [-0.05, 0) is 73.2 Å². The Morgan fingerprint density at radius 3 is 2.77 bits per heavy atom. The SMILES string of the molecule is COc1cccc(C(=O)NC(=S)Nc2ccc(Cl)c(-c3nc4ccc(C)cc4o3)c2)c1. The van der Waals surface area contributed by atoms with Crippen LogP contribution in [0.25, 0.3) is 22.6 Å². The zero-order valence-corrected chi connectivity index (χ0v) is 18.3. The van der Waals surface area contributed by atoms with Gasteiger partial charge in [0.25, 0.3) is 5.91 Å². The number of nitrogens with one attached hydrogen (secondary N) is 2. The first-order valence-corrected chi connectivity index (χ1v) is 10.1. The van der Waals surface area contributed by atoms with E-state index in [2.05, 4.69) is 15.6 Å². The van der Waals surface area contributed by atoms with E-state index in [0.29, 0.717) is 39.1 Å². The Balaban J connectivity index is 1.52. The first-order valence-electron chi connectivity index (χ1n) is 9.36. The van der Waals surface area contributed by atoms with E-state index in [1.54, 1.807) is 49.6 Å². The lowest BCUT2D eigenvalue weighted by Crippen LogP contribution is -2.34. The minimum atomic E-state index is -0.347. The van der Waals surface area contributed by atoms with Crippen LogP contribution in [0.2, 0.25) is 5.02 Å². The molecule has 3 aromatic carbocycles. The third kappa shape index (κ3) is 4.68. The summed E-state index contributed by atoms with van der Waals surface area (Å²) in [4.78, 5) is 17.0. The van der Waals surface area contributed by atoms with Gasteiger partial charge in [-0.3, -0.25) is 10.1 Å². The van der Waals surface area contributed by atoms with Crippen LogP contribution >= 0.6 is 23.8 Å². The maximum Gasteiger partial charge on any atom is 0.257 e. The summed E-state index contributed by atoms with van der Waals surface area (Å²) in [5, 5.41) is 6.28. The third-order valence-corrected chi connectivity index (χ3v) is 5.09. The van der Waals surface area contributed by atoms with Crippen LogP contribution in [0.1, 0.15) is 15.9 Å². The van der Waals surface area contributed by atoms with Gasteiger partial charge in [-0.15, -0.1) is 0 Å². The molecule has 0 saturated carbocycles. The second-order valence-electron chi connectivity index (χ2n) is 6.83. The van der Waals surface area contributed by atoms with Crippen LogP contribution in [-0.2, 0) is 0 Å². The largest absolute Gasteiger partial charge is 0.497 e. The van der Waals surface area contributed by atoms with Crippen LogP contribution in [0, 0.1) is 6.92 Å². The summed E-state index contributed by atoms with van der Waals surface area (Å²) in [6.07, 6.45) is 0. The molecule has 0 saturated heterocycles. The summed E-state index contributed by atoms with van der Waals surface area (Å²) in [6.45, 7) is 1.99. The molecule has 6 nitrogen and oxygen atoms in total. The lowest BCUT2D eigenvalue weighted by Gasteiger charge is -2.11. The smallest absolute Gasteiger partial charge is 0.257 e. The monoisotopic (exact) mass is 451 g/mol. The number of hydrogen-bond donors (Lipinski definition) is 2. The van der Waals surface area contributed by atoms with E-state index in [9.17, 15) is 4.79 Å². The van der Waals surface area contributed by atoms with Crippen molar-refractivity contribution in [2.75, 3.05) is 12.4 Å². The molecule has 1 aromatic heterocycles. The number of methoxy groups -OCH3 is 1. The molecule has 0 radical (unpaired) electrons. The highest BCUT2D eigenvalue weighted by atomic mass is 35.5. The minimum absolute atomic E-state index is 0.147. The van der Waals surface area contributed by atoms with Crippen molar-refractivity contribution in [1.29, 1.82) is 0 Å². The summed E-state index contributed by atoms with van der Waals surface area (Å²) >= 11 is 11.7. The predicted octanol–water partition coefficient (Wildman–Crippen LogP) is 5.59. The first-order chi connectivity index (χ1) is 14.9. The molecule has 1 amide bonds. The van der Waals surface area contributed by atoms with Gasteiger partial charge in [0, 0.05) is 11.3 Å². The highest BCUT2D eigenvalue weighted by Crippen LogP contribution is 2.32. The number of nitrogens with zero attached hydrogens (tertiary/aromatic N) is 1. The van der Waals surface area contributed by atoms with E-state index in [1.165, 1.54) is 0 Å². The standard InChI is InChI=1S/C23H18ClN3O3S/c1-13-6-9-19-20(10-13)30-22(26-19)17-12-15(7-8-18(17)24)25-23(31)27-21(28)14-4-3-5-16(11-14)29-2/h3-12H,1-2H3,(H2,25,27,28,31). The van der Waals surface area contributed by atoms with E-state index in [-0.39, 0.29) is 11.0 Å². The molecule has 0 unspecified atom stereocenters. The van der Waals surface area contributed by atoms with Gasteiger partial charge >= 0.3 is 0 Å². The molecule has 0 aliphatic carbocycles. The Kier molecular flexibility index (Phi) is 5.88. The summed E-state index contributed by atoms with van der Waals surface area (Å²) in [6, 6.07) is 17.8. The number of ether oxygens (including phenoxy) is 1. The molecule has 0 fully saturated rings. The fourth-order valence-corrected chi connectivity index (χ4v) is 3.42. The number of halogens is 1. The average Bonchev–Trinajstić information content (AvgIpc) is 3.18. The van der Waals surface area contributed by atoms with Crippen LogP contribution < -0.4 is 15.4 Å². The topological polar surface area (TPSA) is 76.4 Å². The molecule has 2 N–H and O–H groups in total. The molecule has 156 valence electrons. The lowest BCUT2D eigenvalue weighted by atomic mass is 10.2. The van der Waals surface area contributed by atoms with E-state index >= 15 is 0 Å². The quantitative estimate of drug-likeness (QED) is 0.394. The number of carbonyl (C=O) groups is 1. The zero-order chi connectivity index (χ0) is 22.0. The summed E-state index contributed by atoms with van der Waals surface area (Å²) in [7, 11) is 1.54. The van der Waals surface area contributed by atoms with Crippen molar-refractivity contribution < 1.29 is 13.9 Å². The lowest BCUT2D eigenvalue weighted by molar-refractivity contribution is 0.0977. The first kappa shape index (κ1) is 20.8. The van der Waals surface area contributed by atoms with Crippen molar-refractivity contribution in [2.24, 2.45) is 0 Å². The van der Waals surface area contributed by atoms with E-state index < -0.39 is 0 Å². The van der Waals surface area contributed by atoms with E-state index in [4.69, 9.17) is 33.0 Å². The van der Waals surface area contributed by atoms with Crippen molar-refractivity contribution >= 4 is 51.6 Å². The van der Waals surface area contributed by atoms with Crippen molar-refractivity contribution in [2.45, 2.75) is 6.92 Å². The molecule has 31 heavy (non-hydrogen) atoms. The normalized spacial score (nSPS) is 10.7. The van der Waals surface area contributed by atoms with Gasteiger partial charge in [-0.2, -0.15) is 0 Å². The van der Waals surface area contributed by atoms with E-state index in [1.807, 2.05) is 25.1 Å². The van der Waals surface area contributed by atoms with Crippen LogP contribution in [0.5, 0.6) is 5.75 Å². The zero-order valence-electron chi connectivity index (χ0n) is 16.7. The molecular formula is C23H18ClN3O3S. The number of rotatable bonds is 4. The fraction of sp³-hybridized carbons (Fsp3) is 0.0870. The van der Waals surface area contributed by atoms with Crippen LogP contribution in [0.4, 0.5) is 5.69 Å². The molecule has 0 spiro atoms. The Morgan fingerprint density at radius 2 is 1.97 bits per heavy atom. The van der Waals surface area contributed by atoms with Crippen molar-refractivity contribution in [3.8, 4) is 17.2 Å². The second kappa shape index (κ2) is 8.75. The third-order valence-electron chi connectivity index (χ3n) is 4.56. The van der Waals surface area contributed by atoms with Crippen LogP contribution in [0.3, 0.4) is 0 Å². The Labute approximate surface area is 189 Å². The van der Waals surface area contributed by atoms with Gasteiger partial charge in [0.05, 0.1) is 17.7 Å². The predicted molar refractivity (Wildman–Crippen MR) is 126 cm³/mol. The molecule has 4 rings (SSSR count). The number of fused-ring (bicyclic) bond motifs is 1. The van der Waals surface area contributed by atoms with Gasteiger partial charge in [0.1, 0.15) is 11.3 Å². The number of thiocarbonyl (C=S) groups is 1. The number of anilines is 1. The summed E-state index contributed by atoms with van der Waals surface area (Å²) in [5.74, 6) is 0.642.